The molecule has 0 heterocycles. The summed E-state index contributed by atoms with van der Waals surface area (Å²) in [5.74, 6) is -0.231. The minimum Gasteiger partial charge on any atom is -0.396 e. The normalized spacial score (nSPS) is 12.5. The largest absolute Gasteiger partial charge is 0.396 e. The predicted molar refractivity (Wildman–Crippen MR) is 71.7 cm³/mol. The number of sulfonamides is 1. The molecule has 0 saturated carbocycles. The van der Waals surface area contributed by atoms with Crippen LogP contribution in [0.25, 0.3) is 0 Å². The van der Waals surface area contributed by atoms with Gasteiger partial charge in [0.15, 0.2) is 0 Å². The van der Waals surface area contributed by atoms with Crippen LogP contribution < -0.4 is 4.72 Å². The van der Waals surface area contributed by atoms with Crippen molar-refractivity contribution in [1.82, 2.24) is 4.72 Å². The molecule has 0 spiro atoms. The number of aliphatic hydroxyl groups excluding tert-OH is 1. The zero-order valence-electron chi connectivity index (χ0n) is 10.0. The van der Waals surface area contributed by atoms with E-state index in [0.29, 0.717) is 13.0 Å². The van der Waals surface area contributed by atoms with Gasteiger partial charge in [-0.25, -0.2) is 13.1 Å². The second kappa shape index (κ2) is 7.59. The molecule has 2 N–H and O–H groups in total. The molecule has 0 rings (SSSR count). The van der Waals surface area contributed by atoms with Crippen molar-refractivity contribution in [2.75, 3.05) is 18.9 Å². The zero-order valence-corrected chi connectivity index (χ0v) is 12.4. The fourth-order valence-electron chi connectivity index (χ4n) is 1.18. The summed E-state index contributed by atoms with van der Waals surface area (Å²) in [5, 5.41) is 8.73. The smallest absolute Gasteiger partial charge is 0.215 e. The first-order chi connectivity index (χ1) is 7.68. The van der Waals surface area contributed by atoms with E-state index in [1.807, 2.05) is 13.8 Å². The molecule has 0 aliphatic heterocycles. The number of nitrogens with one attached hydrogen (secondary N) is 1. The summed E-state index contributed by atoms with van der Waals surface area (Å²) in [5.41, 5.74) is -0.190. The maximum absolute atomic E-state index is 11.5. The van der Waals surface area contributed by atoms with Crippen molar-refractivity contribution in [2.45, 2.75) is 26.7 Å². The van der Waals surface area contributed by atoms with Crippen LogP contribution in [-0.2, 0) is 10.0 Å². The van der Waals surface area contributed by atoms with Crippen LogP contribution in [0.2, 0.25) is 0 Å². The quantitative estimate of drug-likeness (QED) is 0.721. The second-order valence-electron chi connectivity index (χ2n) is 4.59. The first-order valence-electron chi connectivity index (χ1n) is 5.28. The first kappa shape index (κ1) is 17.2. The van der Waals surface area contributed by atoms with E-state index in [-0.39, 0.29) is 22.3 Å². The lowest BCUT2D eigenvalue weighted by atomic mass is 9.88. The Hall–Kier alpha value is 0.190. The van der Waals surface area contributed by atoms with Crippen molar-refractivity contribution in [2.24, 2.45) is 5.41 Å². The highest BCUT2D eigenvalue weighted by molar-refractivity contribution is 7.89. The Morgan fingerprint density at radius 3 is 2.47 bits per heavy atom. The molecular weight excluding hydrogens is 285 g/mol. The lowest BCUT2D eigenvalue weighted by Gasteiger charge is -2.24. The average Bonchev–Trinajstić information content (AvgIpc) is 2.22. The molecule has 4 nitrogen and oxygen atoms in total. The number of hydrogen-bond acceptors (Lipinski definition) is 3. The summed E-state index contributed by atoms with van der Waals surface area (Å²) < 4.78 is 25.5. The molecule has 0 bridgehead atoms. The molecule has 17 heavy (non-hydrogen) atoms. The molecule has 102 valence electrons. The molecule has 0 aliphatic rings. The lowest BCUT2D eigenvalue weighted by molar-refractivity contribution is 0.242. The highest BCUT2D eigenvalue weighted by Crippen LogP contribution is 2.21. The van der Waals surface area contributed by atoms with Crippen molar-refractivity contribution < 1.29 is 13.5 Å². The van der Waals surface area contributed by atoms with E-state index in [9.17, 15) is 8.42 Å². The standard InChI is InChI=1S/C10H19Cl2NO3S/c1-10(2,5-3-6-14)8-13-17(15,16)7-4-9(11)12/h4,13-14H,3,5-8H2,1-2H3. The van der Waals surface area contributed by atoms with Gasteiger partial charge in [-0.2, -0.15) is 0 Å². The van der Waals surface area contributed by atoms with Gasteiger partial charge in [-0.3, -0.25) is 0 Å². The molecule has 7 heteroatoms. The highest BCUT2D eigenvalue weighted by atomic mass is 35.5. The molecule has 0 radical (unpaired) electrons. The van der Waals surface area contributed by atoms with Crippen molar-refractivity contribution in [3.8, 4) is 0 Å². The van der Waals surface area contributed by atoms with Crippen LogP contribution in [0.1, 0.15) is 26.7 Å². The zero-order chi connectivity index (χ0) is 13.5. The van der Waals surface area contributed by atoms with Crippen molar-refractivity contribution in [3.05, 3.63) is 10.6 Å². The fourth-order valence-corrected chi connectivity index (χ4v) is 2.63. The molecule has 0 amide bonds. The Labute approximate surface area is 113 Å². The van der Waals surface area contributed by atoms with Gasteiger partial charge in [-0.1, -0.05) is 37.0 Å². The minimum atomic E-state index is -3.39. The molecule has 0 fully saturated rings. The van der Waals surface area contributed by atoms with Gasteiger partial charge in [-0.15, -0.1) is 0 Å². The van der Waals surface area contributed by atoms with E-state index in [0.717, 1.165) is 6.42 Å². The SMILES string of the molecule is CC(C)(CCCO)CNS(=O)(=O)CC=C(Cl)Cl. The molecule has 0 unspecified atom stereocenters. The molecule has 0 aromatic heterocycles. The number of halogens is 2. The van der Waals surface area contributed by atoms with Gasteiger partial charge in [-0.05, 0) is 24.3 Å². The molecule has 0 aromatic carbocycles. The van der Waals surface area contributed by atoms with Gasteiger partial charge in [0.25, 0.3) is 0 Å². The van der Waals surface area contributed by atoms with Gasteiger partial charge in [0.2, 0.25) is 10.0 Å². The van der Waals surface area contributed by atoms with Gasteiger partial charge in [0.05, 0.1) is 5.75 Å². The second-order valence-corrected chi connectivity index (χ2v) is 7.45. The van der Waals surface area contributed by atoms with Crippen LogP contribution in [0.4, 0.5) is 0 Å². The van der Waals surface area contributed by atoms with Crippen molar-refractivity contribution in [3.63, 3.8) is 0 Å². The topological polar surface area (TPSA) is 66.4 Å². The molecule has 0 aliphatic carbocycles. The van der Waals surface area contributed by atoms with E-state index in [1.54, 1.807) is 0 Å². The fraction of sp³-hybridized carbons (Fsp3) is 0.800. The summed E-state index contributed by atoms with van der Waals surface area (Å²) in [4.78, 5) is 0. The van der Waals surface area contributed by atoms with E-state index in [2.05, 4.69) is 4.72 Å². The maximum Gasteiger partial charge on any atom is 0.215 e. The first-order valence-corrected chi connectivity index (χ1v) is 7.69. The Balaban J connectivity index is 4.21. The third-order valence-electron chi connectivity index (χ3n) is 2.24. The van der Waals surface area contributed by atoms with E-state index < -0.39 is 10.0 Å². The van der Waals surface area contributed by atoms with Gasteiger partial charge in [0, 0.05) is 13.2 Å². The van der Waals surface area contributed by atoms with Crippen molar-refractivity contribution >= 4 is 33.2 Å². The number of hydrogen-bond donors (Lipinski definition) is 2. The summed E-state index contributed by atoms with van der Waals surface area (Å²) in [7, 11) is -3.39. The summed E-state index contributed by atoms with van der Waals surface area (Å²) in [6.45, 7) is 4.31. The summed E-state index contributed by atoms with van der Waals surface area (Å²) >= 11 is 10.7. The molecule has 0 saturated heterocycles. The predicted octanol–water partition coefficient (Wildman–Crippen LogP) is 2.02. The molecule has 0 aromatic rings. The van der Waals surface area contributed by atoms with E-state index in [4.69, 9.17) is 28.3 Å². The van der Waals surface area contributed by atoms with Crippen molar-refractivity contribution in [1.29, 1.82) is 0 Å². The summed E-state index contributed by atoms with van der Waals surface area (Å²) in [6, 6.07) is 0. The van der Waals surface area contributed by atoms with Crippen LogP contribution in [0, 0.1) is 5.41 Å². The Kier molecular flexibility index (Phi) is 7.67. The van der Waals surface area contributed by atoms with E-state index in [1.165, 1.54) is 6.08 Å². The van der Waals surface area contributed by atoms with Crippen LogP contribution in [0.3, 0.4) is 0 Å². The number of rotatable bonds is 8. The van der Waals surface area contributed by atoms with Crippen LogP contribution >= 0.6 is 23.2 Å². The highest BCUT2D eigenvalue weighted by Gasteiger charge is 2.20. The monoisotopic (exact) mass is 303 g/mol. The Morgan fingerprint density at radius 1 is 1.41 bits per heavy atom. The van der Waals surface area contributed by atoms with Crippen LogP contribution in [0.15, 0.2) is 10.6 Å². The Bertz CT molecular complexity index is 349. The lowest BCUT2D eigenvalue weighted by Crippen LogP contribution is -2.35. The van der Waals surface area contributed by atoms with Gasteiger partial charge >= 0.3 is 0 Å². The molecular formula is C10H19Cl2NO3S. The van der Waals surface area contributed by atoms with Crippen LogP contribution in [0.5, 0.6) is 0 Å². The number of aliphatic hydroxyl groups is 1. The molecule has 0 atom stereocenters. The average molecular weight is 304 g/mol. The minimum absolute atomic E-state index is 0.0603. The Morgan fingerprint density at radius 2 is 2.00 bits per heavy atom. The summed E-state index contributed by atoms with van der Waals surface area (Å²) in [6.07, 6.45) is 2.63. The van der Waals surface area contributed by atoms with Gasteiger partial charge < -0.3 is 5.11 Å². The third kappa shape index (κ3) is 9.85. The third-order valence-corrected chi connectivity index (χ3v) is 3.74. The van der Waals surface area contributed by atoms with E-state index >= 15 is 0 Å². The van der Waals surface area contributed by atoms with Crippen LogP contribution in [-0.4, -0.2) is 32.4 Å². The van der Waals surface area contributed by atoms with Gasteiger partial charge in [0.1, 0.15) is 4.49 Å². The maximum atomic E-state index is 11.5.